The zero-order valence-electron chi connectivity index (χ0n) is 16.4. The van der Waals surface area contributed by atoms with Gasteiger partial charge in [-0.15, -0.1) is 0 Å². The van der Waals surface area contributed by atoms with E-state index in [1.54, 1.807) is 6.92 Å². The van der Waals surface area contributed by atoms with Crippen molar-refractivity contribution < 1.29 is 18.0 Å². The van der Waals surface area contributed by atoms with Crippen LogP contribution in [-0.4, -0.2) is 37.9 Å². The molecule has 0 bridgehead atoms. The van der Waals surface area contributed by atoms with E-state index in [9.17, 15) is 18.0 Å². The molecule has 2 N–H and O–H groups in total. The lowest BCUT2D eigenvalue weighted by Crippen LogP contribution is -2.53. The van der Waals surface area contributed by atoms with Crippen molar-refractivity contribution in [3.8, 4) is 11.3 Å². The smallest absolute Gasteiger partial charge is 0.383 e. The molecular formula is C20H22F3N5O. The molecule has 2 saturated carbocycles. The maximum absolute atomic E-state index is 13.3. The molecule has 1 aliphatic heterocycles. The fourth-order valence-electron chi connectivity index (χ4n) is 5.61. The Kier molecular flexibility index (Phi) is 3.51. The number of imidazole rings is 1. The molecule has 1 saturated heterocycles. The van der Waals surface area contributed by atoms with Crippen LogP contribution in [0.3, 0.4) is 0 Å². The number of alkyl halides is 3. The Morgan fingerprint density at radius 1 is 1.34 bits per heavy atom. The van der Waals surface area contributed by atoms with Gasteiger partial charge in [0, 0.05) is 43.3 Å². The average Bonchev–Trinajstić information content (AvgIpc) is 2.93. The third-order valence-corrected chi connectivity index (χ3v) is 6.94. The van der Waals surface area contributed by atoms with Crippen LogP contribution in [0.2, 0.25) is 0 Å². The molecule has 5 rings (SSSR count). The number of fused-ring (bicyclic) bond motifs is 1. The molecule has 154 valence electrons. The fourth-order valence-corrected chi connectivity index (χ4v) is 5.61. The van der Waals surface area contributed by atoms with Crippen LogP contribution < -0.4 is 5.73 Å². The van der Waals surface area contributed by atoms with Gasteiger partial charge >= 0.3 is 6.18 Å². The van der Waals surface area contributed by atoms with Crippen molar-refractivity contribution in [1.82, 2.24) is 19.4 Å². The van der Waals surface area contributed by atoms with Gasteiger partial charge in [0.2, 0.25) is 5.91 Å². The summed E-state index contributed by atoms with van der Waals surface area (Å²) in [7, 11) is 0. The number of halogens is 3. The molecular weight excluding hydrogens is 383 g/mol. The summed E-state index contributed by atoms with van der Waals surface area (Å²) < 4.78 is 41.9. The fraction of sp³-hybridized carbons (Fsp3) is 0.550. The van der Waals surface area contributed by atoms with Crippen LogP contribution in [0.25, 0.3) is 11.3 Å². The van der Waals surface area contributed by atoms with Crippen molar-refractivity contribution in [3.05, 3.63) is 29.8 Å². The van der Waals surface area contributed by atoms with Gasteiger partial charge < -0.3 is 15.2 Å². The zero-order chi connectivity index (χ0) is 20.9. The summed E-state index contributed by atoms with van der Waals surface area (Å²) in [4.78, 5) is 22.4. The lowest BCUT2D eigenvalue weighted by Gasteiger charge is -2.43. The molecule has 3 aliphatic rings. The number of pyridine rings is 1. The van der Waals surface area contributed by atoms with E-state index in [1.807, 2.05) is 24.9 Å². The molecule has 4 atom stereocenters. The standard InChI is InChI=1S/C20H22F3N5O/c1-9(2)18-26-15(11-4-13(20(21,22)23)17(24)25-6-11)8-28(18)19-12-5-16(19)27(10(3)29)7-14(12)19/h4,6,8-9,12,14,16H,5,7H2,1-3H3,(H2,24,25)/t12-,14+,16?,19+/m1/s1. The van der Waals surface area contributed by atoms with Crippen LogP contribution in [-0.2, 0) is 16.5 Å². The summed E-state index contributed by atoms with van der Waals surface area (Å²) in [6, 6.07) is 1.16. The number of hydrogen-bond donors (Lipinski definition) is 1. The maximum atomic E-state index is 13.3. The summed E-state index contributed by atoms with van der Waals surface area (Å²) in [5.41, 5.74) is 5.07. The van der Waals surface area contributed by atoms with Crippen molar-refractivity contribution in [3.63, 3.8) is 0 Å². The third-order valence-electron chi connectivity index (χ3n) is 6.94. The number of rotatable bonds is 3. The first-order valence-electron chi connectivity index (χ1n) is 9.76. The van der Waals surface area contributed by atoms with Gasteiger partial charge in [0.25, 0.3) is 0 Å². The summed E-state index contributed by atoms with van der Waals surface area (Å²) in [6.07, 6.45) is -0.422. The Morgan fingerprint density at radius 3 is 2.66 bits per heavy atom. The Labute approximate surface area is 165 Å². The summed E-state index contributed by atoms with van der Waals surface area (Å²) in [6.45, 7) is 6.37. The summed E-state index contributed by atoms with van der Waals surface area (Å²) >= 11 is 0. The second kappa shape index (κ2) is 5.52. The van der Waals surface area contributed by atoms with Crippen molar-refractivity contribution in [1.29, 1.82) is 0 Å². The molecule has 2 aromatic heterocycles. The van der Waals surface area contributed by atoms with Gasteiger partial charge in [-0.3, -0.25) is 4.79 Å². The Hall–Kier alpha value is -2.58. The number of aromatic nitrogens is 3. The first kappa shape index (κ1) is 18.4. The maximum Gasteiger partial charge on any atom is 0.419 e. The van der Waals surface area contributed by atoms with Crippen LogP contribution in [0, 0.1) is 11.8 Å². The normalized spacial score (nSPS) is 29.8. The van der Waals surface area contributed by atoms with E-state index < -0.39 is 17.6 Å². The Bertz CT molecular complexity index is 1030. The minimum Gasteiger partial charge on any atom is -0.383 e. The van der Waals surface area contributed by atoms with E-state index in [0.717, 1.165) is 24.9 Å². The molecule has 2 aromatic rings. The highest BCUT2D eigenvalue weighted by atomic mass is 19.4. The van der Waals surface area contributed by atoms with E-state index in [-0.39, 0.29) is 29.0 Å². The van der Waals surface area contributed by atoms with Gasteiger partial charge in [0.1, 0.15) is 11.6 Å². The highest BCUT2D eigenvalue weighted by molar-refractivity contribution is 5.75. The molecule has 6 nitrogen and oxygen atoms in total. The Morgan fingerprint density at radius 2 is 2.07 bits per heavy atom. The van der Waals surface area contributed by atoms with E-state index >= 15 is 0 Å². The minimum absolute atomic E-state index is 0.0732. The van der Waals surface area contributed by atoms with Gasteiger partial charge in [-0.05, 0) is 18.4 Å². The van der Waals surface area contributed by atoms with Crippen molar-refractivity contribution in [2.24, 2.45) is 11.8 Å². The molecule has 1 amide bonds. The molecule has 0 aromatic carbocycles. The lowest BCUT2D eigenvalue weighted by atomic mass is 9.84. The van der Waals surface area contributed by atoms with Crippen molar-refractivity contribution >= 4 is 11.7 Å². The number of nitrogens with two attached hydrogens (primary N) is 1. The highest BCUT2D eigenvalue weighted by Gasteiger charge is 2.83. The first-order chi connectivity index (χ1) is 13.6. The van der Waals surface area contributed by atoms with Gasteiger partial charge in [0.15, 0.2) is 0 Å². The number of carbonyl (C=O) groups is 1. The first-order valence-corrected chi connectivity index (χ1v) is 9.76. The minimum atomic E-state index is -4.58. The van der Waals surface area contributed by atoms with Gasteiger partial charge in [0.05, 0.1) is 22.8 Å². The molecule has 1 unspecified atom stereocenters. The third kappa shape index (κ3) is 2.27. The van der Waals surface area contributed by atoms with Crippen LogP contribution in [0.15, 0.2) is 18.5 Å². The number of carbonyl (C=O) groups excluding carboxylic acids is 1. The van der Waals surface area contributed by atoms with Crippen LogP contribution >= 0.6 is 0 Å². The quantitative estimate of drug-likeness (QED) is 0.851. The number of piperidine rings is 2. The molecule has 9 heteroatoms. The second-order valence-corrected chi connectivity index (χ2v) is 8.69. The predicted octanol–water partition coefficient (Wildman–Crippen LogP) is 3.25. The number of nitrogens with zero attached hydrogens (tertiary/aromatic N) is 4. The monoisotopic (exact) mass is 405 g/mol. The topological polar surface area (TPSA) is 77.0 Å². The SMILES string of the molecule is CC(=O)N1C[C@H]2[C@H]3CC1[C@]32n1cc(-c2cnc(N)c(C(F)(F)F)c2)nc1C(C)C. The molecule has 0 radical (unpaired) electrons. The predicted molar refractivity (Wildman–Crippen MR) is 99.7 cm³/mol. The van der Waals surface area contributed by atoms with Gasteiger partial charge in [-0.2, -0.15) is 13.2 Å². The molecule has 2 aliphatic carbocycles. The summed E-state index contributed by atoms with van der Waals surface area (Å²) in [5.74, 6) is 1.36. The molecule has 3 fully saturated rings. The van der Waals surface area contributed by atoms with Crippen LogP contribution in [0.4, 0.5) is 19.0 Å². The number of anilines is 1. The second-order valence-electron chi connectivity index (χ2n) is 8.69. The van der Waals surface area contributed by atoms with Crippen LogP contribution in [0.5, 0.6) is 0 Å². The van der Waals surface area contributed by atoms with E-state index in [1.165, 1.54) is 6.20 Å². The molecule has 29 heavy (non-hydrogen) atoms. The summed E-state index contributed by atoms with van der Waals surface area (Å²) in [5, 5.41) is 0. The van der Waals surface area contributed by atoms with Gasteiger partial charge in [-0.25, -0.2) is 9.97 Å². The lowest BCUT2D eigenvalue weighted by molar-refractivity contribution is -0.137. The van der Waals surface area contributed by atoms with E-state index in [0.29, 0.717) is 17.5 Å². The van der Waals surface area contributed by atoms with Crippen molar-refractivity contribution in [2.45, 2.75) is 50.9 Å². The van der Waals surface area contributed by atoms with Crippen molar-refractivity contribution in [2.75, 3.05) is 12.3 Å². The number of likely N-dealkylation sites (tertiary alicyclic amines) is 1. The average molecular weight is 405 g/mol. The largest absolute Gasteiger partial charge is 0.419 e. The van der Waals surface area contributed by atoms with Crippen LogP contribution in [0.1, 0.15) is 44.5 Å². The number of hydrogen-bond acceptors (Lipinski definition) is 4. The van der Waals surface area contributed by atoms with E-state index in [4.69, 9.17) is 5.73 Å². The zero-order valence-corrected chi connectivity index (χ0v) is 16.4. The van der Waals surface area contributed by atoms with E-state index in [2.05, 4.69) is 14.5 Å². The van der Waals surface area contributed by atoms with Gasteiger partial charge in [-0.1, -0.05) is 13.8 Å². The molecule has 3 heterocycles. The molecule has 0 spiro atoms. The Balaban J connectivity index is 1.59. The highest BCUT2D eigenvalue weighted by Crippen LogP contribution is 2.75. The number of amides is 1. The number of nitrogen functional groups attached to an aromatic ring is 1.